The first-order valence-electron chi connectivity index (χ1n) is 7.75. The molecule has 1 aliphatic rings. The number of anilines is 1. The summed E-state index contributed by atoms with van der Waals surface area (Å²) in [5.41, 5.74) is 1.63. The molecule has 0 radical (unpaired) electrons. The summed E-state index contributed by atoms with van der Waals surface area (Å²) in [6, 6.07) is 3.47. The second-order valence-corrected chi connectivity index (χ2v) is 7.76. The zero-order valence-corrected chi connectivity index (χ0v) is 15.7. The number of nitrogens with one attached hydrogen (secondary N) is 3. The summed E-state index contributed by atoms with van der Waals surface area (Å²) in [6.07, 6.45) is 2.32. The number of aromatic amines is 2. The van der Waals surface area contributed by atoms with Crippen LogP contribution in [-0.4, -0.2) is 36.4 Å². The van der Waals surface area contributed by atoms with Gasteiger partial charge in [-0.15, -0.1) is 10.2 Å². The number of imidazole rings is 1. The van der Waals surface area contributed by atoms with Gasteiger partial charge < -0.3 is 19.9 Å². The number of aromatic nitrogens is 5. The van der Waals surface area contributed by atoms with Gasteiger partial charge >= 0.3 is 5.69 Å². The van der Waals surface area contributed by atoms with Crippen LogP contribution in [0.25, 0.3) is 11.0 Å². The number of hydrogen-bond acceptors (Lipinski definition) is 5. The van der Waals surface area contributed by atoms with Gasteiger partial charge in [0.25, 0.3) is 0 Å². The molecule has 1 aromatic carbocycles. The third kappa shape index (κ3) is 3.36. The molecule has 0 atom stereocenters. The molecule has 130 valence electrons. The third-order valence-electron chi connectivity index (χ3n) is 4.02. The highest BCUT2D eigenvalue weighted by atomic mass is 79.9. The number of hydrogen-bond donors (Lipinski definition) is 3. The zero-order chi connectivity index (χ0) is 17.6. The average Bonchev–Trinajstić information content (AvgIpc) is 3.24. The lowest BCUT2D eigenvalue weighted by atomic mass is 10.3. The van der Waals surface area contributed by atoms with Gasteiger partial charge in [-0.05, 0) is 40.9 Å². The summed E-state index contributed by atoms with van der Waals surface area (Å²) in [4.78, 5) is 28.9. The molecule has 0 spiro atoms. The van der Waals surface area contributed by atoms with Gasteiger partial charge in [-0.3, -0.25) is 4.79 Å². The van der Waals surface area contributed by atoms with Crippen LogP contribution in [-0.2, 0) is 11.8 Å². The van der Waals surface area contributed by atoms with Crippen molar-refractivity contribution in [3.8, 4) is 0 Å². The molecule has 10 heteroatoms. The van der Waals surface area contributed by atoms with Gasteiger partial charge in [0.05, 0.1) is 22.5 Å². The van der Waals surface area contributed by atoms with E-state index in [0.29, 0.717) is 27.1 Å². The van der Waals surface area contributed by atoms with Crippen molar-refractivity contribution in [3.05, 3.63) is 32.9 Å². The fourth-order valence-corrected chi connectivity index (χ4v) is 3.78. The third-order valence-corrected chi connectivity index (χ3v) is 5.70. The molecule has 3 N–H and O–H groups in total. The SMILES string of the molecule is Cn1c(SCC(=O)Nc2cc3[nH]c(=O)[nH]c3cc2Br)nnc1C1CC1. The highest BCUT2D eigenvalue weighted by Crippen LogP contribution is 2.39. The predicted octanol–water partition coefficient (Wildman–Crippen LogP) is 2.36. The van der Waals surface area contributed by atoms with Crippen molar-refractivity contribution >= 4 is 50.3 Å². The summed E-state index contributed by atoms with van der Waals surface area (Å²) in [7, 11) is 1.93. The topological polar surface area (TPSA) is 108 Å². The van der Waals surface area contributed by atoms with E-state index in [1.807, 2.05) is 11.6 Å². The van der Waals surface area contributed by atoms with Crippen LogP contribution < -0.4 is 11.0 Å². The maximum absolute atomic E-state index is 12.3. The fourth-order valence-electron chi connectivity index (χ4n) is 2.62. The van der Waals surface area contributed by atoms with Gasteiger partial charge in [-0.25, -0.2) is 4.79 Å². The first kappa shape index (κ1) is 16.4. The number of carbonyl (C=O) groups excluding carboxylic acids is 1. The number of carbonyl (C=O) groups is 1. The monoisotopic (exact) mass is 422 g/mol. The van der Waals surface area contributed by atoms with Crippen molar-refractivity contribution < 1.29 is 4.79 Å². The van der Waals surface area contributed by atoms with E-state index in [-0.39, 0.29) is 17.3 Å². The molecule has 0 bridgehead atoms. The van der Waals surface area contributed by atoms with E-state index < -0.39 is 0 Å². The summed E-state index contributed by atoms with van der Waals surface area (Å²) in [5.74, 6) is 1.59. The zero-order valence-electron chi connectivity index (χ0n) is 13.3. The minimum absolute atomic E-state index is 0.154. The van der Waals surface area contributed by atoms with Crippen LogP contribution in [0.4, 0.5) is 5.69 Å². The Morgan fingerprint density at radius 1 is 1.36 bits per heavy atom. The highest BCUT2D eigenvalue weighted by Gasteiger charge is 2.29. The minimum Gasteiger partial charge on any atom is -0.324 e. The molecule has 1 aliphatic carbocycles. The maximum atomic E-state index is 12.3. The van der Waals surface area contributed by atoms with Crippen LogP contribution in [0.1, 0.15) is 24.6 Å². The van der Waals surface area contributed by atoms with E-state index in [0.717, 1.165) is 23.8 Å². The fraction of sp³-hybridized carbons (Fsp3) is 0.333. The Morgan fingerprint density at radius 2 is 2.08 bits per heavy atom. The van der Waals surface area contributed by atoms with Crippen LogP contribution in [0.15, 0.2) is 26.6 Å². The summed E-state index contributed by atoms with van der Waals surface area (Å²) >= 11 is 4.76. The first-order chi connectivity index (χ1) is 12.0. The van der Waals surface area contributed by atoms with E-state index in [4.69, 9.17) is 0 Å². The number of H-pyrrole nitrogens is 2. The summed E-state index contributed by atoms with van der Waals surface area (Å²) < 4.78 is 2.66. The Hall–Kier alpha value is -2.07. The number of nitrogens with zero attached hydrogens (tertiary/aromatic N) is 3. The summed E-state index contributed by atoms with van der Waals surface area (Å²) in [6.45, 7) is 0. The van der Waals surface area contributed by atoms with Crippen LogP contribution in [0.5, 0.6) is 0 Å². The Kier molecular flexibility index (Phi) is 4.16. The van der Waals surface area contributed by atoms with E-state index >= 15 is 0 Å². The van der Waals surface area contributed by atoms with Crippen LogP contribution in [0.3, 0.4) is 0 Å². The van der Waals surface area contributed by atoms with Crippen LogP contribution in [0, 0.1) is 0 Å². The second kappa shape index (κ2) is 6.34. The lowest BCUT2D eigenvalue weighted by molar-refractivity contribution is -0.113. The van der Waals surface area contributed by atoms with Gasteiger partial charge in [-0.1, -0.05) is 11.8 Å². The predicted molar refractivity (Wildman–Crippen MR) is 99.0 cm³/mol. The minimum atomic E-state index is -0.283. The lowest BCUT2D eigenvalue weighted by Gasteiger charge is -2.07. The van der Waals surface area contributed by atoms with Crippen molar-refractivity contribution in [3.63, 3.8) is 0 Å². The number of fused-ring (bicyclic) bond motifs is 1. The Balaban J connectivity index is 1.43. The quantitative estimate of drug-likeness (QED) is 0.546. The molecule has 25 heavy (non-hydrogen) atoms. The molecule has 0 saturated heterocycles. The smallest absolute Gasteiger partial charge is 0.323 e. The molecule has 3 aromatic rings. The van der Waals surface area contributed by atoms with Gasteiger partial charge in [-0.2, -0.15) is 0 Å². The molecular formula is C15H15BrN6O2S. The molecule has 1 fully saturated rings. The molecule has 8 nitrogen and oxygen atoms in total. The Morgan fingerprint density at radius 3 is 2.80 bits per heavy atom. The molecule has 1 saturated carbocycles. The summed E-state index contributed by atoms with van der Waals surface area (Å²) in [5, 5.41) is 11.9. The maximum Gasteiger partial charge on any atom is 0.323 e. The highest BCUT2D eigenvalue weighted by molar-refractivity contribution is 9.10. The van der Waals surface area contributed by atoms with Crippen LogP contribution in [0.2, 0.25) is 0 Å². The molecule has 1 amide bonds. The number of halogens is 1. The van der Waals surface area contributed by atoms with Crippen molar-refractivity contribution in [1.82, 2.24) is 24.7 Å². The Labute approximate surface area is 154 Å². The number of rotatable bonds is 5. The van der Waals surface area contributed by atoms with E-state index in [1.54, 1.807) is 12.1 Å². The second-order valence-electron chi connectivity index (χ2n) is 5.97. The van der Waals surface area contributed by atoms with Gasteiger partial charge in [0.1, 0.15) is 5.82 Å². The van der Waals surface area contributed by atoms with E-state index in [9.17, 15) is 9.59 Å². The van der Waals surface area contributed by atoms with Gasteiger partial charge in [0, 0.05) is 17.4 Å². The molecule has 0 aliphatic heterocycles. The van der Waals surface area contributed by atoms with Crippen molar-refractivity contribution in [1.29, 1.82) is 0 Å². The van der Waals surface area contributed by atoms with E-state index in [2.05, 4.69) is 41.4 Å². The van der Waals surface area contributed by atoms with Gasteiger partial charge in [0.2, 0.25) is 5.91 Å². The molecule has 2 aromatic heterocycles. The lowest BCUT2D eigenvalue weighted by Crippen LogP contribution is -2.15. The molecule has 4 rings (SSSR count). The first-order valence-corrected chi connectivity index (χ1v) is 9.52. The van der Waals surface area contributed by atoms with Crippen molar-refractivity contribution in [2.24, 2.45) is 7.05 Å². The van der Waals surface area contributed by atoms with Crippen LogP contribution >= 0.6 is 27.7 Å². The number of thioether (sulfide) groups is 1. The normalized spacial score (nSPS) is 14.2. The number of benzene rings is 1. The largest absolute Gasteiger partial charge is 0.324 e. The number of amides is 1. The standard InChI is InChI=1S/C15H15BrN6O2S/c1-22-13(7-2-3-7)20-21-15(22)25-6-12(23)17-9-5-11-10(4-8(9)16)18-14(24)19-11/h4-5,7H,2-3,6H2,1H3,(H,17,23)(H2,18,19,24). The average molecular weight is 423 g/mol. The Bertz CT molecular complexity index is 1020. The van der Waals surface area contributed by atoms with Crippen molar-refractivity contribution in [2.75, 3.05) is 11.1 Å². The molecule has 2 heterocycles. The molecular weight excluding hydrogens is 408 g/mol. The molecule has 0 unspecified atom stereocenters. The van der Waals surface area contributed by atoms with Crippen molar-refractivity contribution in [2.45, 2.75) is 23.9 Å². The van der Waals surface area contributed by atoms with Gasteiger partial charge in [0.15, 0.2) is 5.16 Å². The van der Waals surface area contributed by atoms with E-state index in [1.165, 1.54) is 11.8 Å².